The number of nitriles is 1. The molecule has 2 aliphatic carbocycles. The Hall–Kier alpha value is -3.60. The predicted octanol–water partition coefficient (Wildman–Crippen LogP) is 4.93. The fraction of sp³-hybridized carbons (Fsp3) is 0.440. The summed E-state index contributed by atoms with van der Waals surface area (Å²) >= 11 is 0. The van der Waals surface area contributed by atoms with Crippen LogP contribution < -0.4 is 10.6 Å². The predicted molar refractivity (Wildman–Crippen MR) is 127 cm³/mol. The second-order valence-electron chi connectivity index (χ2n) is 9.02. The molecule has 2 aliphatic rings. The van der Waals surface area contributed by atoms with E-state index in [4.69, 9.17) is 0 Å². The molecule has 1 heterocycles. The fourth-order valence-electron chi connectivity index (χ4n) is 4.53. The standard InChI is InChI=1S/C25H29N5O3/c1-16-12-18(13-19(15-26)25(31)28-21-8-9-21)17(2)29(16)22-10-11-23(24(14-22)30(32)33)27-20-6-4-3-5-7-20/h10-14,20-21,27H,3-9H2,1-2H3,(H,28,31)/b19-13+. The number of nitrogens with zero attached hydrogens (tertiary/aromatic N) is 3. The molecule has 1 amide bonds. The van der Waals surface area contributed by atoms with Crippen LogP contribution in [0.4, 0.5) is 11.4 Å². The summed E-state index contributed by atoms with van der Waals surface area (Å²) in [5.74, 6) is -0.362. The molecule has 8 heteroatoms. The number of hydrogen-bond acceptors (Lipinski definition) is 5. The van der Waals surface area contributed by atoms with E-state index in [1.54, 1.807) is 18.2 Å². The van der Waals surface area contributed by atoms with Crippen molar-refractivity contribution in [3.05, 3.63) is 56.9 Å². The number of carbonyl (C=O) groups is 1. The van der Waals surface area contributed by atoms with Crippen LogP contribution in [0, 0.1) is 35.3 Å². The van der Waals surface area contributed by atoms with E-state index < -0.39 is 0 Å². The molecule has 2 saturated carbocycles. The minimum absolute atomic E-state index is 0.0455. The maximum Gasteiger partial charge on any atom is 0.294 e. The van der Waals surface area contributed by atoms with E-state index in [9.17, 15) is 20.2 Å². The monoisotopic (exact) mass is 447 g/mol. The Labute approximate surface area is 193 Å². The number of nitrogens with one attached hydrogen (secondary N) is 2. The molecule has 8 nitrogen and oxygen atoms in total. The third-order valence-corrected chi connectivity index (χ3v) is 6.45. The van der Waals surface area contributed by atoms with Gasteiger partial charge in [-0.3, -0.25) is 14.9 Å². The molecule has 33 heavy (non-hydrogen) atoms. The summed E-state index contributed by atoms with van der Waals surface area (Å²) in [5.41, 5.74) is 3.72. The van der Waals surface area contributed by atoms with Crippen LogP contribution >= 0.6 is 0 Å². The number of nitro benzene ring substituents is 1. The van der Waals surface area contributed by atoms with Crippen molar-refractivity contribution < 1.29 is 9.72 Å². The number of anilines is 1. The zero-order valence-corrected chi connectivity index (χ0v) is 19.1. The van der Waals surface area contributed by atoms with Crippen molar-refractivity contribution in [1.82, 2.24) is 9.88 Å². The topological polar surface area (TPSA) is 113 Å². The summed E-state index contributed by atoms with van der Waals surface area (Å²) in [5, 5.41) is 27.5. The molecule has 2 fully saturated rings. The fourth-order valence-corrected chi connectivity index (χ4v) is 4.53. The van der Waals surface area contributed by atoms with Crippen molar-refractivity contribution in [2.45, 2.75) is 70.9 Å². The number of nitro groups is 1. The number of rotatable bonds is 7. The average molecular weight is 448 g/mol. The number of aromatic nitrogens is 1. The normalized spacial score (nSPS) is 16.8. The number of carbonyl (C=O) groups excluding carboxylic acids is 1. The second-order valence-corrected chi connectivity index (χ2v) is 9.02. The van der Waals surface area contributed by atoms with Gasteiger partial charge in [0.1, 0.15) is 17.3 Å². The van der Waals surface area contributed by atoms with E-state index >= 15 is 0 Å². The van der Waals surface area contributed by atoms with Crippen LogP contribution in [0.3, 0.4) is 0 Å². The number of amides is 1. The number of aryl methyl sites for hydroxylation is 1. The zero-order valence-electron chi connectivity index (χ0n) is 19.1. The lowest BCUT2D eigenvalue weighted by Gasteiger charge is -2.24. The summed E-state index contributed by atoms with van der Waals surface area (Å²) in [7, 11) is 0. The molecule has 0 atom stereocenters. The Morgan fingerprint density at radius 2 is 1.88 bits per heavy atom. The minimum atomic E-state index is -0.362. The molecular weight excluding hydrogens is 418 g/mol. The first kappa shape index (κ1) is 22.6. The maximum absolute atomic E-state index is 12.3. The van der Waals surface area contributed by atoms with Gasteiger partial charge in [-0.15, -0.1) is 0 Å². The highest BCUT2D eigenvalue weighted by atomic mass is 16.6. The van der Waals surface area contributed by atoms with Gasteiger partial charge in [0, 0.05) is 29.5 Å². The van der Waals surface area contributed by atoms with Crippen LogP contribution in [0.2, 0.25) is 0 Å². The quantitative estimate of drug-likeness (QED) is 0.270. The second kappa shape index (κ2) is 9.49. The van der Waals surface area contributed by atoms with Gasteiger partial charge in [0.05, 0.1) is 10.6 Å². The lowest BCUT2D eigenvalue weighted by atomic mass is 9.95. The van der Waals surface area contributed by atoms with E-state index in [-0.39, 0.29) is 34.2 Å². The van der Waals surface area contributed by atoms with Crippen LogP contribution in [-0.2, 0) is 4.79 Å². The number of benzene rings is 1. The Morgan fingerprint density at radius 3 is 2.52 bits per heavy atom. The van der Waals surface area contributed by atoms with Crippen molar-refractivity contribution in [3.63, 3.8) is 0 Å². The summed E-state index contributed by atoms with van der Waals surface area (Å²) in [6.45, 7) is 3.79. The van der Waals surface area contributed by atoms with Crippen LogP contribution in [0.25, 0.3) is 11.8 Å². The molecule has 0 saturated heterocycles. The first-order valence-corrected chi connectivity index (χ1v) is 11.5. The van der Waals surface area contributed by atoms with E-state index in [1.807, 2.05) is 36.6 Å². The van der Waals surface area contributed by atoms with E-state index in [2.05, 4.69) is 10.6 Å². The smallest absolute Gasteiger partial charge is 0.294 e. The van der Waals surface area contributed by atoms with Crippen molar-refractivity contribution >= 4 is 23.4 Å². The summed E-state index contributed by atoms with van der Waals surface area (Å²) in [4.78, 5) is 23.8. The first-order valence-electron chi connectivity index (χ1n) is 11.5. The van der Waals surface area contributed by atoms with Gasteiger partial charge < -0.3 is 15.2 Å². The third kappa shape index (κ3) is 5.08. The molecular formula is C25H29N5O3. The van der Waals surface area contributed by atoms with Crippen LogP contribution in [0.1, 0.15) is 61.9 Å². The third-order valence-electron chi connectivity index (χ3n) is 6.45. The highest BCUT2D eigenvalue weighted by Crippen LogP contribution is 2.32. The van der Waals surface area contributed by atoms with E-state index in [1.165, 1.54) is 6.42 Å². The van der Waals surface area contributed by atoms with Gasteiger partial charge in [-0.25, -0.2) is 0 Å². The lowest BCUT2D eigenvalue weighted by Crippen LogP contribution is -2.26. The van der Waals surface area contributed by atoms with Gasteiger partial charge in [0.2, 0.25) is 0 Å². The zero-order chi connectivity index (χ0) is 23.5. The molecule has 1 aromatic carbocycles. The van der Waals surface area contributed by atoms with Crippen molar-refractivity contribution in [2.24, 2.45) is 0 Å². The lowest BCUT2D eigenvalue weighted by molar-refractivity contribution is -0.384. The van der Waals surface area contributed by atoms with Gasteiger partial charge in [-0.05, 0) is 69.4 Å². The van der Waals surface area contributed by atoms with Gasteiger partial charge in [0.15, 0.2) is 0 Å². The SMILES string of the molecule is Cc1cc(/C=C(\C#N)C(=O)NC2CC2)c(C)n1-c1ccc(NC2CCCCC2)c([N+](=O)[O-])c1. The van der Waals surface area contributed by atoms with E-state index in [0.717, 1.165) is 55.5 Å². The maximum atomic E-state index is 12.3. The molecule has 4 rings (SSSR count). The molecule has 2 N–H and O–H groups in total. The Kier molecular flexibility index (Phi) is 6.50. The Balaban J connectivity index is 1.64. The van der Waals surface area contributed by atoms with Crippen molar-refractivity contribution in [1.29, 1.82) is 5.26 Å². The van der Waals surface area contributed by atoms with Crippen molar-refractivity contribution in [3.8, 4) is 11.8 Å². The van der Waals surface area contributed by atoms with Gasteiger partial charge in [0.25, 0.3) is 11.6 Å². The number of hydrogen-bond donors (Lipinski definition) is 2. The van der Waals surface area contributed by atoms with Gasteiger partial charge >= 0.3 is 0 Å². The molecule has 0 aliphatic heterocycles. The highest BCUT2D eigenvalue weighted by Gasteiger charge is 2.25. The minimum Gasteiger partial charge on any atom is -0.377 e. The molecule has 0 spiro atoms. The van der Waals surface area contributed by atoms with Crippen LogP contribution in [0.15, 0.2) is 29.8 Å². The molecule has 2 aromatic rings. The largest absolute Gasteiger partial charge is 0.377 e. The van der Waals surface area contributed by atoms with Crippen LogP contribution in [-0.4, -0.2) is 27.5 Å². The van der Waals surface area contributed by atoms with Gasteiger partial charge in [-0.2, -0.15) is 5.26 Å². The average Bonchev–Trinajstić information content (AvgIpc) is 3.56. The molecule has 0 radical (unpaired) electrons. The Bertz CT molecular complexity index is 1150. The summed E-state index contributed by atoms with van der Waals surface area (Å²) in [6, 6.07) is 9.55. The van der Waals surface area contributed by atoms with Gasteiger partial charge in [-0.1, -0.05) is 19.3 Å². The Morgan fingerprint density at radius 1 is 1.15 bits per heavy atom. The summed E-state index contributed by atoms with van der Waals surface area (Å²) < 4.78 is 1.91. The first-order chi connectivity index (χ1) is 15.9. The van der Waals surface area contributed by atoms with Crippen LogP contribution in [0.5, 0.6) is 0 Å². The molecule has 0 bridgehead atoms. The molecule has 172 valence electrons. The summed E-state index contributed by atoms with van der Waals surface area (Å²) in [6.07, 6.45) is 9.05. The molecule has 0 unspecified atom stereocenters. The van der Waals surface area contributed by atoms with E-state index in [0.29, 0.717) is 11.4 Å². The highest BCUT2D eigenvalue weighted by molar-refractivity contribution is 6.02. The molecule has 1 aromatic heterocycles. The van der Waals surface area contributed by atoms with Crippen molar-refractivity contribution in [2.75, 3.05) is 5.32 Å².